The van der Waals surface area contributed by atoms with Gasteiger partial charge in [0.2, 0.25) is 5.91 Å². The van der Waals surface area contributed by atoms with E-state index in [9.17, 15) is 4.79 Å². The summed E-state index contributed by atoms with van der Waals surface area (Å²) in [6.45, 7) is 3.67. The minimum Gasteiger partial charge on any atom is -0.401 e. The van der Waals surface area contributed by atoms with Gasteiger partial charge in [0.25, 0.3) is 5.89 Å². The highest BCUT2D eigenvalue weighted by atomic mass is 16.4. The van der Waals surface area contributed by atoms with Crippen molar-refractivity contribution in [3.63, 3.8) is 0 Å². The second kappa shape index (κ2) is 4.36. The molecule has 2 heterocycles. The van der Waals surface area contributed by atoms with Crippen molar-refractivity contribution in [1.29, 1.82) is 0 Å². The topological polar surface area (TPSA) is 85.8 Å². The number of rotatable bonds is 3. The summed E-state index contributed by atoms with van der Waals surface area (Å²) in [4.78, 5) is 11.1. The molecule has 1 amide bonds. The van der Waals surface area contributed by atoms with Gasteiger partial charge in [-0.25, -0.2) is 0 Å². The summed E-state index contributed by atoms with van der Waals surface area (Å²) >= 11 is 0. The summed E-state index contributed by atoms with van der Waals surface area (Å²) in [5, 5.41) is 14.2. The predicted molar refractivity (Wildman–Crippen MR) is 60.2 cm³/mol. The Morgan fingerprint density at radius 2 is 2.29 bits per heavy atom. The van der Waals surface area contributed by atoms with Gasteiger partial charge >= 0.3 is 6.01 Å². The van der Waals surface area contributed by atoms with Crippen LogP contribution in [0, 0.1) is 6.92 Å². The second-order valence-corrected chi connectivity index (χ2v) is 3.61. The summed E-state index contributed by atoms with van der Waals surface area (Å²) in [5.74, 6) is 0.123. The minimum absolute atomic E-state index is 0.0927. The number of carbonyl (C=O) groups is 1. The third-order valence-electron chi connectivity index (χ3n) is 2.33. The van der Waals surface area contributed by atoms with Crippen molar-refractivity contribution >= 4 is 11.9 Å². The van der Waals surface area contributed by atoms with Gasteiger partial charge in [-0.15, -0.1) is 5.10 Å². The Bertz CT molecular complexity index is 523. The average Bonchev–Trinajstić information content (AvgIpc) is 2.87. The van der Waals surface area contributed by atoms with Gasteiger partial charge in [-0.1, -0.05) is 12.0 Å². The Morgan fingerprint density at radius 3 is 2.88 bits per heavy atom. The molecule has 0 aliphatic rings. The van der Waals surface area contributed by atoms with E-state index in [1.54, 1.807) is 11.6 Å². The van der Waals surface area contributed by atoms with Gasteiger partial charge in [-0.05, 0) is 13.0 Å². The fraction of sp³-hybridized carbons (Fsp3) is 0.400. The molecule has 0 unspecified atom stereocenters. The van der Waals surface area contributed by atoms with Crippen molar-refractivity contribution < 1.29 is 9.21 Å². The molecule has 0 saturated carbocycles. The fourth-order valence-corrected chi connectivity index (χ4v) is 1.25. The normalized spacial score (nSPS) is 10.5. The third kappa shape index (κ3) is 2.32. The number of carbonyl (C=O) groups excluding carboxylic acids is 1. The van der Waals surface area contributed by atoms with E-state index in [-0.39, 0.29) is 11.9 Å². The van der Waals surface area contributed by atoms with Crippen LogP contribution in [0.3, 0.4) is 0 Å². The van der Waals surface area contributed by atoms with Gasteiger partial charge < -0.3 is 4.42 Å². The van der Waals surface area contributed by atoms with E-state index in [1.807, 2.05) is 20.0 Å². The van der Waals surface area contributed by atoms with Crippen LogP contribution < -0.4 is 5.32 Å². The van der Waals surface area contributed by atoms with Crippen LogP contribution in [0.2, 0.25) is 0 Å². The number of aryl methyl sites for hydroxylation is 2. The van der Waals surface area contributed by atoms with E-state index < -0.39 is 0 Å². The highest BCUT2D eigenvalue weighted by Gasteiger charge is 2.13. The molecule has 0 saturated heterocycles. The molecule has 7 nitrogen and oxygen atoms in total. The number of hydrogen-bond donors (Lipinski definition) is 1. The molecular formula is C10H13N5O2. The van der Waals surface area contributed by atoms with Gasteiger partial charge in [0.1, 0.15) is 5.69 Å². The monoisotopic (exact) mass is 235 g/mol. The number of nitrogens with zero attached hydrogens (tertiary/aromatic N) is 4. The van der Waals surface area contributed by atoms with E-state index in [4.69, 9.17) is 4.42 Å². The molecular weight excluding hydrogens is 222 g/mol. The van der Waals surface area contributed by atoms with Crippen LogP contribution in [-0.4, -0.2) is 25.9 Å². The molecule has 0 spiro atoms. The summed E-state index contributed by atoms with van der Waals surface area (Å²) in [5.41, 5.74) is 1.58. The first kappa shape index (κ1) is 11.3. The van der Waals surface area contributed by atoms with Gasteiger partial charge in [0.05, 0.1) is 0 Å². The first-order valence-electron chi connectivity index (χ1n) is 5.24. The van der Waals surface area contributed by atoms with Crippen molar-refractivity contribution in [3.05, 3.63) is 11.8 Å². The van der Waals surface area contributed by atoms with Crippen LogP contribution in [0.25, 0.3) is 11.6 Å². The number of amides is 1. The maximum Gasteiger partial charge on any atom is 0.322 e. The fourth-order valence-electron chi connectivity index (χ4n) is 1.25. The molecule has 0 aromatic carbocycles. The molecule has 0 bridgehead atoms. The van der Waals surface area contributed by atoms with E-state index in [0.717, 1.165) is 5.69 Å². The molecule has 7 heteroatoms. The largest absolute Gasteiger partial charge is 0.401 e. The lowest BCUT2D eigenvalue weighted by Crippen LogP contribution is -2.09. The first-order valence-corrected chi connectivity index (χ1v) is 5.24. The zero-order chi connectivity index (χ0) is 12.4. The van der Waals surface area contributed by atoms with E-state index in [0.29, 0.717) is 18.0 Å². The van der Waals surface area contributed by atoms with Gasteiger partial charge in [-0.3, -0.25) is 14.8 Å². The van der Waals surface area contributed by atoms with Gasteiger partial charge in [0.15, 0.2) is 0 Å². The standard InChI is InChI=1S/C10H13N5O2/c1-4-8(16)11-10-13-12-9(17-10)7-5-6(2)15(3)14-7/h5H,4H2,1-3H3,(H,11,13,16). The lowest BCUT2D eigenvalue weighted by molar-refractivity contribution is -0.116. The van der Waals surface area contributed by atoms with Crippen LogP contribution in [-0.2, 0) is 11.8 Å². The molecule has 0 fully saturated rings. The summed E-state index contributed by atoms with van der Waals surface area (Å²) < 4.78 is 6.99. The van der Waals surface area contributed by atoms with Crippen molar-refractivity contribution in [3.8, 4) is 11.6 Å². The Balaban J connectivity index is 2.20. The van der Waals surface area contributed by atoms with Crippen LogP contribution in [0.15, 0.2) is 10.5 Å². The average molecular weight is 235 g/mol. The predicted octanol–water partition coefficient (Wildman–Crippen LogP) is 1.13. The summed E-state index contributed by atoms with van der Waals surface area (Å²) in [7, 11) is 1.83. The Kier molecular flexibility index (Phi) is 2.90. The summed E-state index contributed by atoms with van der Waals surface area (Å²) in [6, 6.07) is 1.93. The van der Waals surface area contributed by atoms with Crippen LogP contribution in [0.1, 0.15) is 19.0 Å². The van der Waals surface area contributed by atoms with Crippen molar-refractivity contribution in [2.24, 2.45) is 7.05 Å². The SMILES string of the molecule is CCC(=O)Nc1nnc(-c2cc(C)n(C)n2)o1. The van der Waals surface area contributed by atoms with E-state index in [2.05, 4.69) is 20.6 Å². The molecule has 17 heavy (non-hydrogen) atoms. The minimum atomic E-state index is -0.169. The van der Waals surface area contributed by atoms with Gasteiger partial charge in [0, 0.05) is 19.2 Å². The first-order chi connectivity index (χ1) is 8.10. The molecule has 1 N–H and O–H groups in total. The lowest BCUT2D eigenvalue weighted by atomic mass is 10.4. The number of hydrogen-bond acceptors (Lipinski definition) is 5. The maximum absolute atomic E-state index is 11.1. The zero-order valence-electron chi connectivity index (χ0n) is 9.89. The highest BCUT2D eigenvalue weighted by molar-refractivity contribution is 5.88. The molecule has 2 aromatic heterocycles. The molecule has 0 atom stereocenters. The highest BCUT2D eigenvalue weighted by Crippen LogP contribution is 2.18. The van der Waals surface area contributed by atoms with Crippen LogP contribution in [0.5, 0.6) is 0 Å². The van der Waals surface area contributed by atoms with Gasteiger partial charge in [-0.2, -0.15) is 5.10 Å². The summed E-state index contributed by atoms with van der Waals surface area (Å²) in [6.07, 6.45) is 0.362. The lowest BCUT2D eigenvalue weighted by Gasteiger charge is -1.93. The van der Waals surface area contributed by atoms with Crippen LogP contribution >= 0.6 is 0 Å². The molecule has 0 aliphatic heterocycles. The molecule has 0 radical (unpaired) electrons. The second-order valence-electron chi connectivity index (χ2n) is 3.61. The number of anilines is 1. The Morgan fingerprint density at radius 1 is 1.53 bits per heavy atom. The Labute approximate surface area is 97.8 Å². The maximum atomic E-state index is 11.1. The molecule has 2 aromatic rings. The van der Waals surface area contributed by atoms with E-state index >= 15 is 0 Å². The van der Waals surface area contributed by atoms with Crippen molar-refractivity contribution in [2.75, 3.05) is 5.32 Å². The Hall–Kier alpha value is -2.18. The third-order valence-corrected chi connectivity index (χ3v) is 2.33. The molecule has 90 valence electrons. The molecule has 0 aliphatic carbocycles. The molecule has 2 rings (SSSR count). The van der Waals surface area contributed by atoms with E-state index in [1.165, 1.54) is 0 Å². The van der Waals surface area contributed by atoms with Crippen LogP contribution in [0.4, 0.5) is 6.01 Å². The van der Waals surface area contributed by atoms with Crippen molar-refractivity contribution in [2.45, 2.75) is 20.3 Å². The van der Waals surface area contributed by atoms with Crippen molar-refractivity contribution in [1.82, 2.24) is 20.0 Å². The zero-order valence-corrected chi connectivity index (χ0v) is 9.89. The quantitative estimate of drug-likeness (QED) is 0.861. The smallest absolute Gasteiger partial charge is 0.322 e. The number of aromatic nitrogens is 4. The number of nitrogens with one attached hydrogen (secondary N) is 1.